The number of esters is 2. The topological polar surface area (TPSA) is 113 Å². The first-order valence-electron chi connectivity index (χ1n) is 10.3. The van der Waals surface area contributed by atoms with Crippen LogP contribution in [0.3, 0.4) is 0 Å². The molecular weight excluding hydrogens is 440 g/mol. The Hall–Kier alpha value is -4.72. The summed E-state index contributed by atoms with van der Waals surface area (Å²) in [6.45, 7) is 2.33. The molecule has 0 radical (unpaired) electrons. The molecule has 0 aliphatic rings. The standard InChI is InChI=1S/C26H16O8/c1-13(27)31-22-10-8-17-18(12-23(29)34-24(17)25(22)32-14(2)28)20-11-19-16-6-4-3-5-15(16)7-9-21(19)33-26(20)30/h3-12H,1-2H3. The summed E-state index contributed by atoms with van der Waals surface area (Å²) in [5.74, 6) is -1.72. The van der Waals surface area contributed by atoms with Crippen molar-refractivity contribution in [2.45, 2.75) is 13.8 Å². The first-order chi connectivity index (χ1) is 16.3. The molecule has 5 aromatic rings. The lowest BCUT2D eigenvalue weighted by molar-refractivity contribution is -0.134. The van der Waals surface area contributed by atoms with E-state index in [0.29, 0.717) is 16.4 Å². The Labute approximate surface area is 190 Å². The zero-order valence-electron chi connectivity index (χ0n) is 18.0. The number of carbonyl (C=O) groups excluding carboxylic acids is 2. The van der Waals surface area contributed by atoms with Crippen molar-refractivity contribution < 1.29 is 27.9 Å². The Morgan fingerprint density at radius 1 is 0.735 bits per heavy atom. The molecule has 2 aromatic heterocycles. The van der Waals surface area contributed by atoms with Crippen molar-refractivity contribution >= 4 is 44.6 Å². The third-order valence-electron chi connectivity index (χ3n) is 5.26. The molecule has 34 heavy (non-hydrogen) atoms. The number of hydrogen-bond acceptors (Lipinski definition) is 8. The van der Waals surface area contributed by atoms with Crippen molar-refractivity contribution in [3.63, 3.8) is 0 Å². The highest BCUT2D eigenvalue weighted by Crippen LogP contribution is 2.39. The molecule has 0 saturated carbocycles. The minimum atomic E-state index is -0.798. The van der Waals surface area contributed by atoms with Gasteiger partial charge in [0.1, 0.15) is 5.58 Å². The Balaban J connectivity index is 1.85. The maximum absolute atomic E-state index is 12.9. The van der Waals surface area contributed by atoms with Crippen LogP contribution in [0, 0.1) is 0 Å². The van der Waals surface area contributed by atoms with Gasteiger partial charge in [0.15, 0.2) is 11.3 Å². The van der Waals surface area contributed by atoms with Crippen molar-refractivity contribution in [2.24, 2.45) is 0 Å². The van der Waals surface area contributed by atoms with Crippen molar-refractivity contribution in [3.8, 4) is 22.6 Å². The molecule has 0 amide bonds. The van der Waals surface area contributed by atoms with E-state index in [1.54, 1.807) is 12.1 Å². The fourth-order valence-electron chi connectivity index (χ4n) is 3.94. The van der Waals surface area contributed by atoms with Gasteiger partial charge in [-0.15, -0.1) is 0 Å². The molecule has 3 aromatic carbocycles. The number of benzene rings is 3. The van der Waals surface area contributed by atoms with Gasteiger partial charge < -0.3 is 18.3 Å². The van der Waals surface area contributed by atoms with Gasteiger partial charge in [0.2, 0.25) is 5.75 Å². The lowest BCUT2D eigenvalue weighted by atomic mass is 9.99. The zero-order chi connectivity index (χ0) is 24.0. The van der Waals surface area contributed by atoms with Gasteiger partial charge in [0.05, 0.1) is 5.56 Å². The normalized spacial score (nSPS) is 11.1. The second-order valence-corrected chi connectivity index (χ2v) is 7.58. The largest absolute Gasteiger partial charge is 0.423 e. The first kappa shape index (κ1) is 21.1. The Morgan fingerprint density at radius 3 is 2.26 bits per heavy atom. The van der Waals surface area contributed by atoms with Gasteiger partial charge in [0.25, 0.3) is 0 Å². The number of ether oxygens (including phenoxy) is 2. The quantitative estimate of drug-likeness (QED) is 0.168. The lowest BCUT2D eigenvalue weighted by Crippen LogP contribution is -2.10. The molecule has 0 saturated heterocycles. The number of hydrogen-bond donors (Lipinski definition) is 0. The number of carbonyl (C=O) groups is 2. The summed E-state index contributed by atoms with van der Waals surface area (Å²) in [4.78, 5) is 48.7. The summed E-state index contributed by atoms with van der Waals surface area (Å²) < 4.78 is 21.2. The van der Waals surface area contributed by atoms with Gasteiger partial charge in [-0.2, -0.15) is 0 Å². The smallest absolute Gasteiger partial charge is 0.344 e. The fraction of sp³-hybridized carbons (Fsp3) is 0.0769. The van der Waals surface area contributed by atoms with Crippen molar-refractivity contribution in [2.75, 3.05) is 0 Å². The van der Waals surface area contributed by atoms with Gasteiger partial charge >= 0.3 is 23.2 Å². The van der Waals surface area contributed by atoms with E-state index in [-0.39, 0.29) is 28.2 Å². The first-order valence-corrected chi connectivity index (χ1v) is 10.3. The maximum Gasteiger partial charge on any atom is 0.344 e. The van der Waals surface area contributed by atoms with Crippen molar-refractivity contribution in [1.29, 1.82) is 0 Å². The third kappa shape index (κ3) is 3.61. The molecule has 0 N–H and O–H groups in total. The molecule has 8 heteroatoms. The minimum absolute atomic E-state index is 0.105. The highest BCUT2D eigenvalue weighted by molar-refractivity contribution is 6.07. The molecule has 8 nitrogen and oxygen atoms in total. The highest BCUT2D eigenvalue weighted by Gasteiger charge is 2.21. The summed E-state index contributed by atoms with van der Waals surface area (Å²) in [7, 11) is 0. The summed E-state index contributed by atoms with van der Waals surface area (Å²) >= 11 is 0. The van der Waals surface area contributed by atoms with E-state index < -0.39 is 23.2 Å². The van der Waals surface area contributed by atoms with E-state index in [4.69, 9.17) is 18.3 Å². The molecule has 0 spiro atoms. The van der Waals surface area contributed by atoms with Crippen LogP contribution in [0.15, 0.2) is 79.1 Å². The highest BCUT2D eigenvalue weighted by atomic mass is 16.6. The van der Waals surface area contributed by atoms with Crippen molar-refractivity contribution in [1.82, 2.24) is 0 Å². The predicted molar refractivity (Wildman–Crippen MR) is 124 cm³/mol. The molecule has 0 atom stereocenters. The fourth-order valence-corrected chi connectivity index (χ4v) is 3.94. The van der Waals surface area contributed by atoms with Gasteiger partial charge in [-0.25, -0.2) is 9.59 Å². The molecule has 2 heterocycles. The summed E-state index contributed by atoms with van der Waals surface area (Å²) in [6, 6.07) is 16.9. The predicted octanol–water partition coefficient (Wildman–Crippen LogP) is 4.57. The molecule has 0 bridgehead atoms. The lowest BCUT2D eigenvalue weighted by Gasteiger charge is -2.12. The van der Waals surface area contributed by atoms with Gasteiger partial charge in [-0.1, -0.05) is 30.3 Å². The average molecular weight is 456 g/mol. The Bertz CT molecular complexity index is 1760. The van der Waals surface area contributed by atoms with Crippen LogP contribution >= 0.6 is 0 Å². The molecule has 5 rings (SSSR count). The number of rotatable bonds is 3. The van der Waals surface area contributed by atoms with Crippen LogP contribution in [0.4, 0.5) is 0 Å². The SMILES string of the molecule is CC(=O)Oc1ccc2c(-c3cc4c(ccc5ccccc54)oc3=O)cc(=O)oc2c1OC(C)=O. The molecule has 0 fully saturated rings. The third-order valence-corrected chi connectivity index (χ3v) is 5.26. The molecule has 0 aliphatic carbocycles. The van der Waals surface area contributed by atoms with Crippen LogP contribution in [0.5, 0.6) is 11.5 Å². The van der Waals surface area contributed by atoms with Gasteiger partial charge in [-0.3, -0.25) is 9.59 Å². The minimum Gasteiger partial charge on any atom is -0.423 e. The monoisotopic (exact) mass is 456 g/mol. The van der Waals surface area contributed by atoms with Gasteiger partial charge in [0, 0.05) is 36.2 Å². The second-order valence-electron chi connectivity index (χ2n) is 7.58. The molecule has 0 aliphatic heterocycles. The summed E-state index contributed by atoms with van der Waals surface area (Å²) in [5, 5.41) is 2.80. The van der Waals surface area contributed by atoms with E-state index in [1.807, 2.05) is 30.3 Å². The van der Waals surface area contributed by atoms with Crippen LogP contribution in [0.1, 0.15) is 13.8 Å². The van der Waals surface area contributed by atoms with E-state index >= 15 is 0 Å². The second kappa shape index (κ2) is 8.00. The van der Waals surface area contributed by atoms with Gasteiger partial charge in [-0.05, 0) is 35.0 Å². The molecule has 168 valence electrons. The zero-order valence-corrected chi connectivity index (χ0v) is 18.0. The Kier molecular flexibility index (Phi) is 4.98. The average Bonchev–Trinajstić information content (AvgIpc) is 2.79. The van der Waals surface area contributed by atoms with Crippen LogP contribution in [0.25, 0.3) is 43.8 Å². The van der Waals surface area contributed by atoms with Crippen LogP contribution < -0.4 is 20.7 Å². The molecular formula is C26H16O8. The van der Waals surface area contributed by atoms with Crippen LogP contribution in [0.2, 0.25) is 0 Å². The van der Waals surface area contributed by atoms with E-state index in [1.165, 1.54) is 19.1 Å². The Morgan fingerprint density at radius 2 is 1.50 bits per heavy atom. The van der Waals surface area contributed by atoms with Crippen molar-refractivity contribution in [3.05, 3.63) is 81.5 Å². The number of fused-ring (bicyclic) bond motifs is 4. The summed E-state index contributed by atoms with van der Waals surface area (Å²) in [6.07, 6.45) is 0. The van der Waals surface area contributed by atoms with E-state index in [0.717, 1.165) is 23.8 Å². The van der Waals surface area contributed by atoms with E-state index in [2.05, 4.69) is 0 Å². The summed E-state index contributed by atoms with van der Waals surface area (Å²) in [5.41, 5.74) is -0.860. The maximum atomic E-state index is 12.9. The molecule has 0 unspecified atom stereocenters. The van der Waals surface area contributed by atoms with Crippen LogP contribution in [-0.2, 0) is 9.59 Å². The van der Waals surface area contributed by atoms with E-state index in [9.17, 15) is 19.2 Å². The van der Waals surface area contributed by atoms with Crippen LogP contribution in [-0.4, -0.2) is 11.9 Å².